The SMILES string of the molecule is CC(C)CNC(=O)[C@@H](C)OC(=O)c1cc(O)c2ccccc2c1O. The monoisotopic (exact) mass is 331 g/mol. The van der Waals surface area contributed by atoms with Gasteiger partial charge >= 0.3 is 5.97 Å². The molecule has 2 rings (SSSR count). The molecule has 6 nitrogen and oxygen atoms in total. The van der Waals surface area contributed by atoms with Gasteiger partial charge in [-0.15, -0.1) is 0 Å². The smallest absolute Gasteiger partial charge is 0.342 e. The number of rotatable bonds is 5. The number of carbonyl (C=O) groups excluding carboxylic acids is 2. The summed E-state index contributed by atoms with van der Waals surface area (Å²) in [6.07, 6.45) is -1.01. The molecule has 0 saturated heterocycles. The van der Waals surface area contributed by atoms with E-state index in [9.17, 15) is 19.8 Å². The van der Waals surface area contributed by atoms with Crippen molar-refractivity contribution in [1.29, 1.82) is 0 Å². The van der Waals surface area contributed by atoms with Crippen LogP contribution in [-0.2, 0) is 9.53 Å². The van der Waals surface area contributed by atoms with Crippen molar-refractivity contribution < 1.29 is 24.5 Å². The van der Waals surface area contributed by atoms with Crippen LogP contribution in [0.4, 0.5) is 0 Å². The zero-order chi connectivity index (χ0) is 17.9. The topological polar surface area (TPSA) is 95.9 Å². The fraction of sp³-hybridized carbons (Fsp3) is 0.333. The Labute approximate surface area is 140 Å². The summed E-state index contributed by atoms with van der Waals surface area (Å²) in [4.78, 5) is 24.1. The molecule has 6 heteroatoms. The molecule has 1 amide bonds. The Morgan fingerprint density at radius 1 is 1.12 bits per heavy atom. The second kappa shape index (κ2) is 7.21. The maximum absolute atomic E-state index is 12.2. The summed E-state index contributed by atoms with van der Waals surface area (Å²) in [5, 5.41) is 23.7. The molecule has 0 radical (unpaired) electrons. The minimum atomic E-state index is -1.01. The Balaban J connectivity index is 2.20. The number of hydrogen-bond donors (Lipinski definition) is 3. The van der Waals surface area contributed by atoms with Gasteiger partial charge in [0.15, 0.2) is 6.10 Å². The van der Waals surface area contributed by atoms with E-state index in [1.54, 1.807) is 24.3 Å². The minimum absolute atomic E-state index is 0.146. The van der Waals surface area contributed by atoms with Gasteiger partial charge in [0.05, 0.1) is 0 Å². The normalized spacial score (nSPS) is 12.2. The van der Waals surface area contributed by atoms with Gasteiger partial charge in [-0.2, -0.15) is 0 Å². The van der Waals surface area contributed by atoms with E-state index in [0.717, 1.165) is 6.07 Å². The molecule has 1 atom stereocenters. The molecule has 24 heavy (non-hydrogen) atoms. The molecule has 3 N–H and O–H groups in total. The third kappa shape index (κ3) is 3.76. The van der Waals surface area contributed by atoms with Crippen molar-refractivity contribution >= 4 is 22.6 Å². The molecule has 0 spiro atoms. The number of phenolic OH excluding ortho intramolecular Hbond substituents is 2. The Kier molecular flexibility index (Phi) is 5.28. The van der Waals surface area contributed by atoms with Crippen LogP contribution < -0.4 is 5.32 Å². The van der Waals surface area contributed by atoms with Crippen LogP contribution in [0.25, 0.3) is 10.8 Å². The van der Waals surface area contributed by atoms with Crippen LogP contribution in [0.5, 0.6) is 11.5 Å². The average Bonchev–Trinajstić information content (AvgIpc) is 2.55. The van der Waals surface area contributed by atoms with E-state index in [0.29, 0.717) is 17.3 Å². The first-order valence-electron chi connectivity index (χ1n) is 7.73. The van der Waals surface area contributed by atoms with Crippen molar-refractivity contribution in [2.75, 3.05) is 6.54 Å². The van der Waals surface area contributed by atoms with Crippen LogP contribution >= 0.6 is 0 Å². The zero-order valence-electron chi connectivity index (χ0n) is 13.9. The molecular formula is C18H21NO5. The van der Waals surface area contributed by atoms with Crippen LogP contribution in [0, 0.1) is 5.92 Å². The fourth-order valence-electron chi connectivity index (χ4n) is 2.22. The molecular weight excluding hydrogens is 310 g/mol. The van der Waals surface area contributed by atoms with E-state index in [-0.39, 0.29) is 23.0 Å². The highest BCUT2D eigenvalue weighted by atomic mass is 16.5. The van der Waals surface area contributed by atoms with Crippen molar-refractivity contribution in [2.45, 2.75) is 26.9 Å². The van der Waals surface area contributed by atoms with E-state index in [1.807, 2.05) is 13.8 Å². The fourth-order valence-corrected chi connectivity index (χ4v) is 2.22. The van der Waals surface area contributed by atoms with Crippen LogP contribution in [0.3, 0.4) is 0 Å². The molecule has 0 aliphatic carbocycles. The van der Waals surface area contributed by atoms with Crippen molar-refractivity contribution in [3.63, 3.8) is 0 Å². The van der Waals surface area contributed by atoms with Gasteiger partial charge in [-0.3, -0.25) is 4.79 Å². The number of aromatic hydroxyl groups is 2. The van der Waals surface area contributed by atoms with Crippen LogP contribution in [0.1, 0.15) is 31.1 Å². The Bertz CT molecular complexity index is 769. The lowest BCUT2D eigenvalue weighted by Crippen LogP contribution is -2.37. The molecule has 0 heterocycles. The first kappa shape index (κ1) is 17.6. The van der Waals surface area contributed by atoms with Gasteiger partial charge in [0, 0.05) is 17.3 Å². The number of phenols is 2. The van der Waals surface area contributed by atoms with Gasteiger partial charge in [-0.05, 0) is 18.9 Å². The van der Waals surface area contributed by atoms with Crippen molar-refractivity contribution in [3.05, 3.63) is 35.9 Å². The number of fused-ring (bicyclic) bond motifs is 1. The minimum Gasteiger partial charge on any atom is -0.507 e. The lowest BCUT2D eigenvalue weighted by molar-refractivity contribution is -0.129. The molecule has 0 unspecified atom stereocenters. The maximum Gasteiger partial charge on any atom is 0.342 e. The van der Waals surface area contributed by atoms with E-state index in [2.05, 4.69) is 5.32 Å². The Morgan fingerprint density at radius 2 is 1.75 bits per heavy atom. The standard InChI is InChI=1S/C18H21NO5/c1-10(2)9-19-17(22)11(3)24-18(23)14-8-15(20)12-6-4-5-7-13(12)16(14)21/h4-8,10-11,20-21H,9H2,1-3H3,(H,19,22)/t11-/m1/s1. The lowest BCUT2D eigenvalue weighted by Gasteiger charge is -2.15. The average molecular weight is 331 g/mol. The third-order valence-corrected chi connectivity index (χ3v) is 3.55. The molecule has 0 fully saturated rings. The highest BCUT2D eigenvalue weighted by Gasteiger charge is 2.23. The van der Waals surface area contributed by atoms with Crippen molar-refractivity contribution in [3.8, 4) is 11.5 Å². The first-order chi connectivity index (χ1) is 11.3. The van der Waals surface area contributed by atoms with Gasteiger partial charge < -0.3 is 20.3 Å². The first-order valence-corrected chi connectivity index (χ1v) is 7.73. The molecule has 0 bridgehead atoms. The summed E-state index contributed by atoms with van der Waals surface area (Å²) in [6.45, 7) is 5.83. The number of carbonyl (C=O) groups is 2. The predicted octanol–water partition coefficient (Wildman–Crippen LogP) is 2.57. The number of amides is 1. The third-order valence-electron chi connectivity index (χ3n) is 3.55. The van der Waals surface area contributed by atoms with E-state index in [1.165, 1.54) is 6.92 Å². The van der Waals surface area contributed by atoms with Gasteiger partial charge in [0.25, 0.3) is 5.91 Å². The molecule has 0 aromatic heterocycles. The molecule has 2 aromatic rings. The highest BCUT2D eigenvalue weighted by molar-refractivity contribution is 6.04. The molecule has 2 aromatic carbocycles. The molecule has 128 valence electrons. The zero-order valence-corrected chi connectivity index (χ0v) is 13.9. The molecule has 0 aliphatic heterocycles. The maximum atomic E-state index is 12.2. The summed E-state index contributed by atoms with van der Waals surface area (Å²) in [7, 11) is 0. The van der Waals surface area contributed by atoms with Crippen LogP contribution in [0.2, 0.25) is 0 Å². The number of benzene rings is 2. The predicted molar refractivity (Wildman–Crippen MR) is 90.0 cm³/mol. The van der Waals surface area contributed by atoms with Gasteiger partial charge in [-0.25, -0.2) is 4.79 Å². The second-order valence-corrected chi connectivity index (χ2v) is 6.02. The summed E-state index contributed by atoms with van der Waals surface area (Å²) < 4.78 is 5.09. The number of esters is 1. The van der Waals surface area contributed by atoms with E-state index >= 15 is 0 Å². The summed E-state index contributed by atoms with van der Waals surface area (Å²) in [5.41, 5.74) is -0.185. The van der Waals surface area contributed by atoms with Gasteiger partial charge in [0.2, 0.25) is 0 Å². The second-order valence-electron chi connectivity index (χ2n) is 6.02. The lowest BCUT2D eigenvalue weighted by atomic mass is 10.0. The molecule has 0 aliphatic rings. The number of ether oxygens (including phenoxy) is 1. The van der Waals surface area contributed by atoms with Crippen molar-refractivity contribution in [2.24, 2.45) is 5.92 Å². The summed E-state index contributed by atoms with van der Waals surface area (Å²) >= 11 is 0. The van der Waals surface area contributed by atoms with Crippen LogP contribution in [-0.4, -0.2) is 34.7 Å². The van der Waals surface area contributed by atoms with Crippen LogP contribution in [0.15, 0.2) is 30.3 Å². The number of hydrogen-bond acceptors (Lipinski definition) is 5. The van der Waals surface area contributed by atoms with E-state index < -0.39 is 18.0 Å². The highest BCUT2D eigenvalue weighted by Crippen LogP contribution is 2.35. The Hall–Kier alpha value is -2.76. The van der Waals surface area contributed by atoms with Crippen molar-refractivity contribution in [1.82, 2.24) is 5.32 Å². The molecule has 0 saturated carbocycles. The summed E-state index contributed by atoms with van der Waals surface area (Å²) in [6, 6.07) is 7.74. The largest absolute Gasteiger partial charge is 0.507 e. The van der Waals surface area contributed by atoms with Gasteiger partial charge in [-0.1, -0.05) is 38.1 Å². The Morgan fingerprint density at radius 3 is 2.38 bits per heavy atom. The number of nitrogens with one attached hydrogen (secondary N) is 1. The van der Waals surface area contributed by atoms with E-state index in [4.69, 9.17) is 4.74 Å². The summed E-state index contributed by atoms with van der Waals surface area (Å²) in [5.74, 6) is -1.45. The quantitative estimate of drug-likeness (QED) is 0.578. The van der Waals surface area contributed by atoms with Gasteiger partial charge in [0.1, 0.15) is 17.1 Å².